The predicted molar refractivity (Wildman–Crippen MR) is 72.1 cm³/mol. The summed E-state index contributed by atoms with van der Waals surface area (Å²) in [6.45, 7) is 0.657. The fourth-order valence-electron chi connectivity index (χ4n) is 1.39. The quantitative estimate of drug-likeness (QED) is 0.875. The van der Waals surface area contributed by atoms with Gasteiger partial charge in [-0.25, -0.2) is 13.4 Å². The van der Waals surface area contributed by atoms with Crippen LogP contribution in [0.5, 0.6) is 0 Å². The Hall–Kier alpha value is -1.44. The first kappa shape index (κ1) is 13.0. The van der Waals surface area contributed by atoms with E-state index in [9.17, 15) is 8.42 Å². The van der Waals surface area contributed by atoms with Gasteiger partial charge in [-0.15, -0.1) is 11.3 Å². The molecular formula is C11H13N3O2S2. The average Bonchev–Trinajstić information content (AvgIpc) is 2.80. The number of nitrogens with one attached hydrogen (secondary N) is 2. The zero-order chi connectivity index (χ0) is 13.0. The minimum atomic E-state index is -3.54. The van der Waals surface area contributed by atoms with Crippen LogP contribution < -0.4 is 10.0 Å². The highest BCUT2D eigenvalue weighted by Crippen LogP contribution is 2.21. The molecule has 2 heterocycles. The van der Waals surface area contributed by atoms with Crippen molar-refractivity contribution in [3.8, 4) is 0 Å². The maximum atomic E-state index is 12.1. The van der Waals surface area contributed by atoms with Crippen molar-refractivity contribution in [2.24, 2.45) is 0 Å². The first-order valence-electron chi connectivity index (χ1n) is 5.28. The third kappa shape index (κ3) is 3.06. The summed E-state index contributed by atoms with van der Waals surface area (Å²) in [5, 5.41) is 4.60. The van der Waals surface area contributed by atoms with E-state index in [4.69, 9.17) is 0 Å². The second-order valence-electron chi connectivity index (χ2n) is 3.60. The van der Waals surface area contributed by atoms with Crippen LogP contribution in [0.2, 0.25) is 0 Å². The van der Waals surface area contributed by atoms with Crippen molar-refractivity contribution >= 4 is 27.2 Å². The van der Waals surface area contributed by atoms with Crippen LogP contribution in [0.3, 0.4) is 0 Å². The van der Waals surface area contributed by atoms with Crippen LogP contribution in [0.15, 0.2) is 40.7 Å². The molecular weight excluding hydrogens is 270 g/mol. The molecule has 7 heteroatoms. The van der Waals surface area contributed by atoms with E-state index >= 15 is 0 Å². The van der Waals surface area contributed by atoms with Crippen LogP contribution in [0, 0.1) is 0 Å². The molecule has 0 unspecified atom stereocenters. The number of pyridine rings is 1. The van der Waals surface area contributed by atoms with Gasteiger partial charge in [0, 0.05) is 23.0 Å². The molecule has 0 amide bonds. The molecule has 0 saturated heterocycles. The highest BCUT2D eigenvalue weighted by atomic mass is 32.2. The lowest BCUT2D eigenvalue weighted by Gasteiger charge is -2.04. The molecule has 0 fully saturated rings. The second kappa shape index (κ2) is 5.47. The summed E-state index contributed by atoms with van der Waals surface area (Å²) < 4.78 is 26.5. The highest BCUT2D eigenvalue weighted by molar-refractivity contribution is 7.92. The Morgan fingerprint density at radius 1 is 1.39 bits per heavy atom. The number of nitrogens with zero attached hydrogens (tertiary/aromatic N) is 1. The zero-order valence-corrected chi connectivity index (χ0v) is 11.4. The van der Waals surface area contributed by atoms with Crippen molar-refractivity contribution in [1.82, 2.24) is 10.3 Å². The Morgan fingerprint density at radius 3 is 2.89 bits per heavy atom. The molecule has 0 aliphatic carbocycles. The molecule has 2 aromatic heterocycles. The third-order valence-corrected chi connectivity index (χ3v) is 4.61. The highest BCUT2D eigenvalue weighted by Gasteiger charge is 2.16. The van der Waals surface area contributed by atoms with Gasteiger partial charge in [-0.2, -0.15) is 0 Å². The molecule has 0 atom stereocenters. The summed E-state index contributed by atoms with van der Waals surface area (Å²) >= 11 is 1.41. The van der Waals surface area contributed by atoms with Gasteiger partial charge >= 0.3 is 0 Å². The van der Waals surface area contributed by atoms with Gasteiger partial charge in [0.25, 0.3) is 10.0 Å². The van der Waals surface area contributed by atoms with Crippen LogP contribution in [0.1, 0.15) is 4.88 Å². The molecule has 2 rings (SSSR count). The largest absolute Gasteiger partial charge is 0.315 e. The molecule has 5 nitrogen and oxygen atoms in total. The topological polar surface area (TPSA) is 71.1 Å². The number of anilines is 1. The molecule has 0 radical (unpaired) electrons. The summed E-state index contributed by atoms with van der Waals surface area (Å²) in [5.74, 6) is 0.318. The minimum Gasteiger partial charge on any atom is -0.315 e. The summed E-state index contributed by atoms with van der Waals surface area (Å²) in [5.41, 5.74) is 0. The zero-order valence-electron chi connectivity index (χ0n) is 9.75. The van der Waals surface area contributed by atoms with E-state index in [0.29, 0.717) is 12.4 Å². The van der Waals surface area contributed by atoms with E-state index in [1.807, 2.05) is 7.05 Å². The van der Waals surface area contributed by atoms with E-state index in [-0.39, 0.29) is 4.90 Å². The smallest absolute Gasteiger partial charge is 0.263 e. The van der Waals surface area contributed by atoms with E-state index in [2.05, 4.69) is 15.0 Å². The molecule has 2 aromatic rings. The molecule has 18 heavy (non-hydrogen) atoms. The van der Waals surface area contributed by atoms with Crippen molar-refractivity contribution in [3.05, 3.63) is 40.7 Å². The van der Waals surface area contributed by atoms with Crippen molar-refractivity contribution < 1.29 is 8.42 Å². The Morgan fingerprint density at radius 2 is 2.22 bits per heavy atom. The summed E-state index contributed by atoms with van der Waals surface area (Å²) in [6, 6.07) is 6.73. The average molecular weight is 283 g/mol. The Labute approximate surface area is 110 Å². The molecule has 0 aliphatic rings. The van der Waals surface area contributed by atoms with Crippen LogP contribution in [-0.2, 0) is 16.6 Å². The Balaban J connectivity index is 2.20. The van der Waals surface area contributed by atoms with Gasteiger partial charge in [0.15, 0.2) is 0 Å². The fourth-order valence-corrected chi connectivity index (χ4v) is 3.68. The summed E-state index contributed by atoms with van der Waals surface area (Å²) in [6.07, 6.45) is 1.54. The normalized spacial score (nSPS) is 11.4. The number of hydrogen-bond donors (Lipinski definition) is 2. The van der Waals surface area contributed by atoms with Crippen LogP contribution >= 0.6 is 11.3 Å². The van der Waals surface area contributed by atoms with Gasteiger partial charge in [0.05, 0.1) is 4.90 Å². The van der Waals surface area contributed by atoms with Crippen molar-refractivity contribution in [1.29, 1.82) is 0 Å². The summed E-state index contributed by atoms with van der Waals surface area (Å²) in [7, 11) is -1.72. The molecule has 2 N–H and O–H groups in total. The molecule has 0 saturated carbocycles. The molecule has 0 aliphatic heterocycles. The van der Waals surface area contributed by atoms with E-state index in [1.165, 1.54) is 17.5 Å². The fraction of sp³-hybridized carbons (Fsp3) is 0.182. The third-order valence-electron chi connectivity index (χ3n) is 2.19. The van der Waals surface area contributed by atoms with Crippen molar-refractivity contribution in [2.75, 3.05) is 11.8 Å². The monoisotopic (exact) mass is 283 g/mol. The van der Waals surface area contributed by atoms with E-state index in [0.717, 1.165) is 4.88 Å². The number of sulfonamides is 1. The SMILES string of the molecule is CNCc1cc(S(=O)(=O)Nc2ccccn2)cs1. The molecule has 0 aromatic carbocycles. The van der Waals surface area contributed by atoms with Gasteiger partial charge in [0.1, 0.15) is 5.82 Å². The minimum absolute atomic E-state index is 0.267. The van der Waals surface area contributed by atoms with Crippen molar-refractivity contribution in [3.63, 3.8) is 0 Å². The van der Waals surface area contributed by atoms with Crippen LogP contribution in [-0.4, -0.2) is 20.4 Å². The van der Waals surface area contributed by atoms with Gasteiger partial charge in [-0.3, -0.25) is 4.72 Å². The van der Waals surface area contributed by atoms with Gasteiger partial charge in [0.2, 0.25) is 0 Å². The van der Waals surface area contributed by atoms with Gasteiger partial charge in [-0.05, 0) is 25.2 Å². The first-order valence-corrected chi connectivity index (χ1v) is 7.64. The number of hydrogen-bond acceptors (Lipinski definition) is 5. The molecule has 96 valence electrons. The number of aromatic nitrogens is 1. The maximum Gasteiger partial charge on any atom is 0.263 e. The van der Waals surface area contributed by atoms with E-state index < -0.39 is 10.0 Å². The van der Waals surface area contributed by atoms with E-state index in [1.54, 1.807) is 29.6 Å². The van der Waals surface area contributed by atoms with Crippen molar-refractivity contribution in [2.45, 2.75) is 11.4 Å². The number of thiophene rings is 1. The molecule has 0 bridgehead atoms. The lowest BCUT2D eigenvalue weighted by atomic mass is 10.5. The lowest BCUT2D eigenvalue weighted by Crippen LogP contribution is -2.13. The Bertz CT molecular complexity index is 608. The number of rotatable bonds is 5. The van der Waals surface area contributed by atoms with Crippen LogP contribution in [0.25, 0.3) is 0 Å². The predicted octanol–water partition coefficient (Wildman–Crippen LogP) is 1.66. The maximum absolute atomic E-state index is 12.1. The van der Waals surface area contributed by atoms with Gasteiger partial charge in [-0.1, -0.05) is 6.07 Å². The Kier molecular flexibility index (Phi) is 3.95. The standard InChI is InChI=1S/C11H13N3O2S2/c1-12-7-9-6-10(8-17-9)18(15,16)14-11-4-2-3-5-13-11/h2-6,8,12H,7H2,1H3,(H,13,14). The molecule has 0 spiro atoms. The summed E-state index contributed by atoms with van der Waals surface area (Å²) in [4.78, 5) is 5.17. The lowest BCUT2D eigenvalue weighted by molar-refractivity contribution is 0.601. The second-order valence-corrected chi connectivity index (χ2v) is 6.28. The van der Waals surface area contributed by atoms with Crippen LogP contribution in [0.4, 0.5) is 5.82 Å². The van der Waals surface area contributed by atoms with Gasteiger partial charge < -0.3 is 5.32 Å². The first-order chi connectivity index (χ1) is 8.62.